The minimum absolute atomic E-state index is 0.0551. The number of carbonyl (C=O) groups excluding carboxylic acids is 1. The van der Waals surface area contributed by atoms with E-state index in [1.165, 1.54) is 0 Å². The van der Waals surface area contributed by atoms with Crippen molar-refractivity contribution in [2.45, 2.75) is 13.2 Å². The van der Waals surface area contributed by atoms with E-state index in [2.05, 4.69) is 20.8 Å². The number of hydrogen-bond acceptors (Lipinski definition) is 7. The summed E-state index contributed by atoms with van der Waals surface area (Å²) in [5.74, 6) is 1.64. The molecule has 33 heavy (non-hydrogen) atoms. The average Bonchev–Trinajstić information content (AvgIpc) is 3.56. The molecule has 166 valence electrons. The molecule has 0 bridgehead atoms. The predicted octanol–water partition coefficient (Wildman–Crippen LogP) is 3.43. The number of aromatic amines is 1. The Morgan fingerprint density at radius 3 is 2.76 bits per heavy atom. The lowest BCUT2D eigenvalue weighted by Gasteiger charge is -2.13. The smallest absolute Gasteiger partial charge is 0.257 e. The van der Waals surface area contributed by atoms with Gasteiger partial charge in [0, 0.05) is 35.6 Å². The van der Waals surface area contributed by atoms with Crippen molar-refractivity contribution in [2.24, 2.45) is 0 Å². The Hall–Kier alpha value is -4.24. The topological polar surface area (TPSA) is 114 Å². The molecule has 2 aromatic carbocycles. The zero-order valence-corrected chi connectivity index (χ0v) is 18.0. The highest BCUT2D eigenvalue weighted by Crippen LogP contribution is 2.31. The summed E-state index contributed by atoms with van der Waals surface area (Å²) in [6.07, 6.45) is 3.64. The third kappa shape index (κ3) is 4.53. The van der Waals surface area contributed by atoms with Gasteiger partial charge in [0.2, 0.25) is 0 Å². The normalized spacial score (nSPS) is 12.3. The number of carbonyl (C=O) groups is 1. The molecule has 0 radical (unpaired) electrons. The van der Waals surface area contributed by atoms with E-state index < -0.39 is 0 Å². The van der Waals surface area contributed by atoms with Crippen LogP contribution in [0.25, 0.3) is 22.5 Å². The molecular formula is C24H22N6O3. The van der Waals surface area contributed by atoms with Gasteiger partial charge in [-0.25, -0.2) is 9.97 Å². The molecule has 3 N–H and O–H groups in total. The predicted molar refractivity (Wildman–Crippen MR) is 123 cm³/mol. The maximum Gasteiger partial charge on any atom is 0.257 e. The van der Waals surface area contributed by atoms with Gasteiger partial charge in [-0.15, -0.1) is 0 Å². The fraction of sp³-hybridized carbons (Fsp3) is 0.167. The first kappa shape index (κ1) is 20.7. The fourth-order valence-corrected chi connectivity index (χ4v) is 3.52. The minimum Gasteiger partial charge on any atom is -0.484 e. The Morgan fingerprint density at radius 2 is 1.97 bits per heavy atom. The number of ether oxygens (including phenoxy) is 2. The molecule has 2 aromatic heterocycles. The van der Waals surface area contributed by atoms with Crippen LogP contribution in [0.1, 0.15) is 11.3 Å². The molecule has 5 rings (SSSR count). The Morgan fingerprint density at radius 1 is 1.09 bits per heavy atom. The molecule has 3 heterocycles. The Balaban J connectivity index is 1.42. The zero-order chi connectivity index (χ0) is 22.6. The van der Waals surface area contributed by atoms with Crippen LogP contribution in [0, 0.1) is 0 Å². The second kappa shape index (κ2) is 9.09. The second-order valence-corrected chi connectivity index (χ2v) is 7.49. The van der Waals surface area contributed by atoms with Gasteiger partial charge < -0.3 is 20.1 Å². The summed E-state index contributed by atoms with van der Waals surface area (Å²) in [6.45, 7) is 0.840. The molecule has 0 aliphatic carbocycles. The van der Waals surface area contributed by atoms with Gasteiger partial charge in [0.15, 0.2) is 12.4 Å². The second-order valence-electron chi connectivity index (χ2n) is 7.49. The third-order valence-corrected chi connectivity index (χ3v) is 5.30. The van der Waals surface area contributed by atoms with Crippen LogP contribution in [-0.4, -0.2) is 39.7 Å². The highest BCUT2D eigenvalue weighted by molar-refractivity contribution is 5.77. The molecule has 0 unspecified atom stereocenters. The Kier molecular flexibility index (Phi) is 5.69. The molecule has 0 fully saturated rings. The van der Waals surface area contributed by atoms with Crippen molar-refractivity contribution in [3.05, 3.63) is 72.2 Å². The molecular weight excluding hydrogens is 420 g/mol. The molecule has 9 heteroatoms. The Bertz CT molecular complexity index is 1270. The number of amides is 1. The number of benzene rings is 2. The van der Waals surface area contributed by atoms with Crippen LogP contribution in [-0.2, 0) is 22.7 Å². The molecule has 0 spiro atoms. The van der Waals surface area contributed by atoms with Crippen molar-refractivity contribution in [3.63, 3.8) is 0 Å². The van der Waals surface area contributed by atoms with E-state index in [1.54, 1.807) is 19.3 Å². The minimum atomic E-state index is -0.198. The first-order chi connectivity index (χ1) is 16.2. The van der Waals surface area contributed by atoms with Crippen molar-refractivity contribution >= 4 is 17.4 Å². The summed E-state index contributed by atoms with van der Waals surface area (Å²) in [7, 11) is 1.57. The van der Waals surface area contributed by atoms with E-state index >= 15 is 0 Å². The van der Waals surface area contributed by atoms with E-state index in [-0.39, 0.29) is 12.5 Å². The lowest BCUT2D eigenvalue weighted by molar-refractivity contribution is -0.122. The number of hydrogen-bond donors (Lipinski definition) is 3. The molecule has 9 nitrogen and oxygen atoms in total. The van der Waals surface area contributed by atoms with Gasteiger partial charge in [-0.05, 0) is 29.8 Å². The molecule has 0 atom stereocenters. The number of aromatic nitrogens is 4. The molecule has 1 amide bonds. The van der Waals surface area contributed by atoms with E-state index in [0.717, 1.165) is 33.6 Å². The van der Waals surface area contributed by atoms with Crippen molar-refractivity contribution in [3.8, 4) is 28.3 Å². The summed E-state index contributed by atoms with van der Waals surface area (Å²) in [4.78, 5) is 21.0. The van der Waals surface area contributed by atoms with Gasteiger partial charge in [-0.2, -0.15) is 5.10 Å². The summed E-state index contributed by atoms with van der Waals surface area (Å²) >= 11 is 0. The van der Waals surface area contributed by atoms with Gasteiger partial charge in [-0.3, -0.25) is 9.89 Å². The highest BCUT2D eigenvalue weighted by Gasteiger charge is 2.21. The molecule has 4 aromatic rings. The monoisotopic (exact) mass is 442 g/mol. The number of nitrogens with one attached hydrogen (secondary N) is 3. The van der Waals surface area contributed by atoms with Crippen LogP contribution in [0.15, 0.2) is 60.9 Å². The highest BCUT2D eigenvalue weighted by atomic mass is 16.5. The number of fused-ring (bicyclic) bond motifs is 1. The van der Waals surface area contributed by atoms with Crippen molar-refractivity contribution in [1.82, 2.24) is 25.5 Å². The van der Waals surface area contributed by atoms with Crippen LogP contribution in [0.5, 0.6) is 5.75 Å². The SMILES string of the molecule is CNC(=O)COc1cccc(-c2nc3c(c(Nc4ccc(-c5cn[nH]c5)cc4)n2)COC3)c1. The standard InChI is InChI=1S/C24H22N6O3/c1-25-22(31)14-33-19-4-2-3-16(9-19)23-29-21-13-32-12-20(21)24(30-23)28-18-7-5-15(6-8-18)17-10-26-27-11-17/h2-11H,12-14H2,1H3,(H,25,31)(H,26,27)(H,28,29,30). The van der Waals surface area contributed by atoms with Gasteiger partial charge in [0.05, 0.1) is 25.1 Å². The summed E-state index contributed by atoms with van der Waals surface area (Å²) in [5, 5.41) is 12.8. The average molecular weight is 442 g/mol. The van der Waals surface area contributed by atoms with E-state index in [0.29, 0.717) is 30.6 Å². The fourth-order valence-electron chi connectivity index (χ4n) is 3.52. The summed E-state index contributed by atoms with van der Waals surface area (Å²) in [5.41, 5.74) is 5.60. The molecule has 1 aliphatic rings. The maximum atomic E-state index is 11.5. The van der Waals surface area contributed by atoms with Gasteiger partial charge >= 0.3 is 0 Å². The number of H-pyrrole nitrogens is 1. The largest absolute Gasteiger partial charge is 0.484 e. The van der Waals surface area contributed by atoms with Crippen LogP contribution in [0.2, 0.25) is 0 Å². The van der Waals surface area contributed by atoms with Crippen LogP contribution in [0.4, 0.5) is 11.5 Å². The van der Waals surface area contributed by atoms with Gasteiger partial charge in [-0.1, -0.05) is 24.3 Å². The number of rotatable bonds is 7. The molecule has 1 aliphatic heterocycles. The van der Waals surface area contributed by atoms with Gasteiger partial charge in [0.25, 0.3) is 5.91 Å². The van der Waals surface area contributed by atoms with Gasteiger partial charge in [0.1, 0.15) is 11.6 Å². The summed E-state index contributed by atoms with van der Waals surface area (Å²) in [6, 6.07) is 15.4. The van der Waals surface area contributed by atoms with Crippen molar-refractivity contribution < 1.29 is 14.3 Å². The van der Waals surface area contributed by atoms with Crippen molar-refractivity contribution in [1.29, 1.82) is 0 Å². The van der Waals surface area contributed by atoms with Crippen LogP contribution >= 0.6 is 0 Å². The quantitative estimate of drug-likeness (QED) is 0.402. The summed E-state index contributed by atoms with van der Waals surface area (Å²) < 4.78 is 11.2. The third-order valence-electron chi connectivity index (χ3n) is 5.30. The van der Waals surface area contributed by atoms with Crippen LogP contribution < -0.4 is 15.4 Å². The van der Waals surface area contributed by atoms with E-state index in [9.17, 15) is 4.79 Å². The maximum absolute atomic E-state index is 11.5. The molecule has 0 saturated heterocycles. The molecule has 0 saturated carbocycles. The zero-order valence-electron chi connectivity index (χ0n) is 18.0. The first-order valence-electron chi connectivity index (χ1n) is 10.5. The Labute approximate surface area is 190 Å². The number of likely N-dealkylation sites (N-methyl/N-ethyl adjacent to an activating group) is 1. The number of nitrogens with zero attached hydrogens (tertiary/aromatic N) is 3. The van der Waals surface area contributed by atoms with E-state index in [1.807, 2.05) is 48.7 Å². The number of anilines is 2. The lowest BCUT2D eigenvalue weighted by Crippen LogP contribution is -2.24. The van der Waals surface area contributed by atoms with E-state index in [4.69, 9.17) is 19.4 Å². The lowest BCUT2D eigenvalue weighted by atomic mass is 10.1. The first-order valence-corrected chi connectivity index (χ1v) is 10.5. The van der Waals surface area contributed by atoms with Crippen LogP contribution in [0.3, 0.4) is 0 Å². The van der Waals surface area contributed by atoms with Crippen molar-refractivity contribution in [2.75, 3.05) is 19.0 Å².